The van der Waals surface area contributed by atoms with Gasteiger partial charge in [0.15, 0.2) is 11.5 Å². The third-order valence-corrected chi connectivity index (χ3v) is 8.47. The summed E-state index contributed by atoms with van der Waals surface area (Å²) >= 11 is 0. The Bertz CT molecular complexity index is 1640. The Morgan fingerprint density at radius 1 is 1.02 bits per heavy atom. The topological polar surface area (TPSA) is 102 Å². The Hall–Kier alpha value is -4.07. The number of carboxylic acids is 1. The predicted octanol–water partition coefficient (Wildman–Crippen LogP) is 6.15. The lowest BCUT2D eigenvalue weighted by Gasteiger charge is -2.38. The number of anilines is 1. The second kappa shape index (κ2) is 9.50. The highest BCUT2D eigenvalue weighted by Gasteiger charge is 2.45. The number of hydrogen-bond donors (Lipinski definition) is 1. The zero-order chi connectivity index (χ0) is 30.0. The monoisotopic (exact) mass is 599 g/mol. The second-order valence-corrected chi connectivity index (χ2v) is 12.0. The maximum Gasteiger partial charge on any atom is 0.586 e. The molecule has 2 aliphatic rings. The molecule has 0 spiro atoms. The standard InChI is InChI=1S/C27H22F5NO7S/c1-25(2,24(34)35)13-17-14-33(41(36,37)18-6-3-5-16(12-18)26(28,29)30)20-11-15(9-10-21(20)38-17)19-7-4-8-22-23(19)40-27(31,32)39-22/h3-12,17H,13-14H2,1-2H3,(H,34,35)/t17-/m0/s1. The number of ether oxygens (including phenoxy) is 3. The highest BCUT2D eigenvalue weighted by molar-refractivity contribution is 7.92. The van der Waals surface area contributed by atoms with Crippen LogP contribution in [-0.4, -0.2) is 38.4 Å². The summed E-state index contributed by atoms with van der Waals surface area (Å²) in [6.45, 7) is 2.42. The van der Waals surface area contributed by atoms with Gasteiger partial charge in [0.2, 0.25) is 0 Å². The first-order valence-corrected chi connectivity index (χ1v) is 13.6. The molecule has 5 rings (SSSR count). The average Bonchev–Trinajstić information content (AvgIpc) is 3.21. The predicted molar refractivity (Wildman–Crippen MR) is 135 cm³/mol. The fourth-order valence-corrected chi connectivity index (χ4v) is 6.17. The van der Waals surface area contributed by atoms with Crippen LogP contribution in [-0.2, 0) is 21.0 Å². The molecule has 2 aliphatic heterocycles. The van der Waals surface area contributed by atoms with E-state index < -0.39 is 57.0 Å². The summed E-state index contributed by atoms with van der Waals surface area (Å²) in [7, 11) is -4.67. The van der Waals surface area contributed by atoms with Crippen molar-refractivity contribution in [2.24, 2.45) is 5.41 Å². The molecule has 0 radical (unpaired) electrons. The van der Waals surface area contributed by atoms with Crippen LogP contribution in [0.4, 0.5) is 27.6 Å². The van der Waals surface area contributed by atoms with Gasteiger partial charge in [-0.1, -0.05) is 24.3 Å². The number of rotatable bonds is 6. The lowest BCUT2D eigenvalue weighted by molar-refractivity contribution is -0.286. The van der Waals surface area contributed by atoms with E-state index in [1.54, 1.807) is 0 Å². The summed E-state index contributed by atoms with van der Waals surface area (Å²) in [4.78, 5) is 11.1. The minimum atomic E-state index is -4.81. The Balaban J connectivity index is 1.63. The van der Waals surface area contributed by atoms with Gasteiger partial charge in [-0.15, -0.1) is 8.78 Å². The van der Waals surface area contributed by atoms with Gasteiger partial charge in [-0.3, -0.25) is 9.10 Å². The van der Waals surface area contributed by atoms with Gasteiger partial charge in [-0.05, 0) is 55.8 Å². The lowest BCUT2D eigenvalue weighted by atomic mass is 9.86. The van der Waals surface area contributed by atoms with Crippen LogP contribution in [0, 0.1) is 5.41 Å². The molecule has 8 nitrogen and oxygen atoms in total. The molecule has 2 heterocycles. The highest BCUT2D eigenvalue weighted by atomic mass is 32.2. The van der Waals surface area contributed by atoms with Crippen LogP contribution in [0.2, 0.25) is 0 Å². The first kappa shape index (κ1) is 28.5. The Morgan fingerprint density at radius 3 is 2.41 bits per heavy atom. The fraction of sp³-hybridized carbons (Fsp3) is 0.296. The van der Waals surface area contributed by atoms with Gasteiger partial charge in [-0.2, -0.15) is 13.2 Å². The van der Waals surface area contributed by atoms with Crippen molar-refractivity contribution in [1.29, 1.82) is 0 Å². The molecule has 218 valence electrons. The van der Waals surface area contributed by atoms with E-state index in [-0.39, 0.29) is 40.5 Å². The average molecular weight is 600 g/mol. The molecule has 14 heteroatoms. The van der Waals surface area contributed by atoms with Gasteiger partial charge in [0.25, 0.3) is 10.0 Å². The van der Waals surface area contributed by atoms with Crippen molar-refractivity contribution in [3.63, 3.8) is 0 Å². The number of para-hydroxylation sites is 1. The first-order chi connectivity index (χ1) is 19.0. The van der Waals surface area contributed by atoms with Crippen LogP contribution < -0.4 is 18.5 Å². The van der Waals surface area contributed by atoms with Gasteiger partial charge in [-0.25, -0.2) is 8.42 Å². The quantitative estimate of drug-likeness (QED) is 0.339. The van der Waals surface area contributed by atoms with Gasteiger partial charge in [0, 0.05) is 12.0 Å². The van der Waals surface area contributed by atoms with Crippen molar-refractivity contribution in [2.45, 2.75) is 43.7 Å². The summed E-state index contributed by atoms with van der Waals surface area (Å²) < 4.78 is 111. The number of hydrogen-bond acceptors (Lipinski definition) is 6. The normalized spacial score (nSPS) is 18.0. The molecule has 41 heavy (non-hydrogen) atoms. The molecule has 0 saturated carbocycles. The van der Waals surface area contributed by atoms with E-state index in [1.807, 2.05) is 0 Å². The minimum absolute atomic E-state index is 0.00295. The first-order valence-electron chi connectivity index (χ1n) is 12.1. The van der Waals surface area contributed by atoms with Crippen LogP contribution in [0.15, 0.2) is 65.6 Å². The second-order valence-electron chi connectivity index (χ2n) is 10.2. The molecule has 0 fully saturated rings. The number of sulfonamides is 1. The zero-order valence-corrected chi connectivity index (χ0v) is 22.2. The summed E-state index contributed by atoms with van der Waals surface area (Å²) in [6.07, 6.45) is -9.85. The third-order valence-electron chi connectivity index (χ3n) is 6.70. The largest absolute Gasteiger partial charge is 0.586 e. The third kappa shape index (κ3) is 5.35. The van der Waals surface area contributed by atoms with Gasteiger partial charge < -0.3 is 19.3 Å². The molecular formula is C27H22F5NO7S. The van der Waals surface area contributed by atoms with E-state index in [1.165, 1.54) is 50.2 Å². The summed E-state index contributed by atoms with van der Waals surface area (Å²) in [5.41, 5.74) is -2.25. The molecule has 0 saturated heterocycles. The van der Waals surface area contributed by atoms with E-state index >= 15 is 0 Å². The Labute approximate surface area is 230 Å². The maximum absolute atomic E-state index is 13.8. The SMILES string of the molecule is CC(C)(C[C@H]1CN(S(=O)(=O)c2cccc(C(F)(F)F)c2)c2cc(-c3cccc4c3OC(F)(F)O4)ccc2O1)C(=O)O. The molecule has 3 aromatic rings. The molecule has 1 N–H and O–H groups in total. The number of fused-ring (bicyclic) bond motifs is 2. The molecule has 3 aromatic carbocycles. The van der Waals surface area contributed by atoms with E-state index in [4.69, 9.17) is 4.74 Å². The van der Waals surface area contributed by atoms with Crippen LogP contribution in [0.1, 0.15) is 25.8 Å². The fourth-order valence-electron chi connectivity index (χ4n) is 4.63. The van der Waals surface area contributed by atoms with Crippen molar-refractivity contribution in [3.8, 4) is 28.4 Å². The van der Waals surface area contributed by atoms with Gasteiger partial charge >= 0.3 is 18.4 Å². The van der Waals surface area contributed by atoms with E-state index in [0.717, 1.165) is 22.5 Å². The van der Waals surface area contributed by atoms with E-state index in [2.05, 4.69) is 9.47 Å². The number of benzene rings is 3. The number of alkyl halides is 5. The number of halogens is 5. The number of aliphatic carboxylic acids is 1. The van der Waals surface area contributed by atoms with Crippen molar-refractivity contribution in [1.82, 2.24) is 0 Å². The van der Waals surface area contributed by atoms with Gasteiger partial charge in [0.1, 0.15) is 11.9 Å². The maximum atomic E-state index is 13.8. The molecule has 1 atom stereocenters. The van der Waals surface area contributed by atoms with E-state index in [9.17, 15) is 40.3 Å². The van der Waals surface area contributed by atoms with Crippen LogP contribution in [0.3, 0.4) is 0 Å². The Morgan fingerprint density at radius 2 is 1.73 bits per heavy atom. The van der Waals surface area contributed by atoms with Gasteiger partial charge in [0.05, 0.1) is 28.1 Å². The molecule has 0 aromatic heterocycles. The molecule has 0 amide bonds. The van der Waals surface area contributed by atoms with Crippen molar-refractivity contribution < 1.29 is 54.5 Å². The molecule has 0 bridgehead atoms. The van der Waals surface area contributed by atoms with Crippen molar-refractivity contribution in [3.05, 3.63) is 66.2 Å². The highest BCUT2D eigenvalue weighted by Crippen LogP contribution is 2.49. The molecular weight excluding hydrogens is 577 g/mol. The number of carboxylic acid groups (broad SMARTS) is 1. The molecule has 0 unspecified atom stereocenters. The van der Waals surface area contributed by atoms with Crippen LogP contribution in [0.5, 0.6) is 17.2 Å². The summed E-state index contributed by atoms with van der Waals surface area (Å²) in [5.74, 6) is -1.70. The van der Waals surface area contributed by atoms with E-state index in [0.29, 0.717) is 6.07 Å². The zero-order valence-electron chi connectivity index (χ0n) is 21.4. The number of carbonyl (C=O) groups is 1. The lowest BCUT2D eigenvalue weighted by Crippen LogP contribution is -2.46. The van der Waals surface area contributed by atoms with Crippen molar-refractivity contribution in [2.75, 3.05) is 10.8 Å². The number of nitrogens with zero attached hydrogens (tertiary/aromatic N) is 1. The van der Waals surface area contributed by atoms with Crippen LogP contribution >= 0.6 is 0 Å². The van der Waals surface area contributed by atoms with Crippen LogP contribution in [0.25, 0.3) is 11.1 Å². The summed E-state index contributed by atoms with van der Waals surface area (Å²) in [5, 5.41) is 9.58. The molecule has 0 aliphatic carbocycles. The van der Waals surface area contributed by atoms with Crippen molar-refractivity contribution >= 4 is 21.7 Å². The minimum Gasteiger partial charge on any atom is -0.486 e. The summed E-state index contributed by atoms with van der Waals surface area (Å²) in [6, 6.07) is 11.5. The Kier molecular flexibility index (Phi) is 6.59. The smallest absolute Gasteiger partial charge is 0.486 e.